The van der Waals surface area contributed by atoms with Crippen molar-refractivity contribution < 1.29 is 4.79 Å². The molecule has 0 spiro atoms. The van der Waals surface area contributed by atoms with Gasteiger partial charge in [0.05, 0.1) is 17.6 Å². The molecule has 0 saturated heterocycles. The van der Waals surface area contributed by atoms with Crippen molar-refractivity contribution in [3.05, 3.63) is 65.5 Å². The third kappa shape index (κ3) is 2.82. The number of Topliss-reactive ketones (excluding diaryl/α,β-unsaturated/α-hetero) is 1. The maximum absolute atomic E-state index is 12.0. The quantitative estimate of drug-likeness (QED) is 0.686. The minimum Gasteiger partial charge on any atom is -0.353 e. The molecule has 116 valence electrons. The molecule has 3 rings (SSSR count). The third-order valence-corrected chi connectivity index (χ3v) is 4.27. The molecule has 0 unspecified atom stereocenters. The summed E-state index contributed by atoms with van der Waals surface area (Å²) in [6.07, 6.45) is 4.60. The Hall–Kier alpha value is -2.68. The van der Waals surface area contributed by atoms with Gasteiger partial charge in [-0.25, -0.2) is 0 Å². The van der Waals surface area contributed by atoms with Crippen molar-refractivity contribution >= 4 is 27.9 Å². The van der Waals surface area contributed by atoms with Gasteiger partial charge >= 0.3 is 0 Å². The molecule has 3 heteroatoms. The molecule has 0 bridgehead atoms. The van der Waals surface area contributed by atoms with Crippen LogP contribution in [-0.4, -0.2) is 10.8 Å². The molecule has 0 aliphatic rings. The van der Waals surface area contributed by atoms with Crippen LogP contribution in [0.5, 0.6) is 0 Å². The highest BCUT2D eigenvalue weighted by molar-refractivity contribution is 6.03. The first-order chi connectivity index (χ1) is 11.1. The Labute approximate surface area is 136 Å². The Kier molecular flexibility index (Phi) is 4.11. The molecule has 0 amide bonds. The zero-order valence-electron chi connectivity index (χ0n) is 13.7. The molecule has 1 aromatic heterocycles. The maximum Gasteiger partial charge on any atom is 0.161 e. The number of nitrogens with one attached hydrogen (secondary N) is 1. The highest BCUT2D eigenvalue weighted by Crippen LogP contribution is 2.31. The highest BCUT2D eigenvalue weighted by atomic mass is 16.1. The molecule has 3 aromatic rings. The van der Waals surface area contributed by atoms with Crippen molar-refractivity contribution in [2.24, 2.45) is 0 Å². The number of nitrogens with zero attached hydrogens (tertiary/aromatic N) is 1. The van der Waals surface area contributed by atoms with Crippen LogP contribution in [0, 0.1) is 6.92 Å². The lowest BCUT2D eigenvalue weighted by atomic mass is 9.98. The summed E-state index contributed by atoms with van der Waals surface area (Å²) in [7, 11) is 0. The van der Waals surface area contributed by atoms with Crippen LogP contribution in [-0.2, 0) is 6.42 Å². The van der Waals surface area contributed by atoms with E-state index in [9.17, 15) is 4.79 Å². The standard InChI is InChI=1S/C20H20N2O/c1-4-15-9-10-17(14(3)23)20(13(15)2)22-19-12-21-11-16-7-5-6-8-18(16)19/h5-12,22H,4H2,1-3H3. The van der Waals surface area contributed by atoms with Crippen LogP contribution in [0.1, 0.15) is 35.3 Å². The molecule has 3 nitrogen and oxygen atoms in total. The Morgan fingerprint density at radius 2 is 1.91 bits per heavy atom. The molecule has 0 radical (unpaired) electrons. The predicted molar refractivity (Wildman–Crippen MR) is 95.6 cm³/mol. The van der Waals surface area contributed by atoms with Crippen LogP contribution in [0.25, 0.3) is 10.8 Å². The first kappa shape index (κ1) is 15.2. The second-order valence-electron chi connectivity index (χ2n) is 5.72. The van der Waals surface area contributed by atoms with Gasteiger partial charge < -0.3 is 5.32 Å². The molecular formula is C20H20N2O. The molecular weight excluding hydrogens is 284 g/mol. The smallest absolute Gasteiger partial charge is 0.161 e. The Morgan fingerprint density at radius 3 is 2.65 bits per heavy atom. The van der Waals surface area contributed by atoms with Crippen LogP contribution in [0.4, 0.5) is 11.4 Å². The van der Waals surface area contributed by atoms with Crippen molar-refractivity contribution in [3.63, 3.8) is 0 Å². The van der Waals surface area contributed by atoms with Gasteiger partial charge in [-0.15, -0.1) is 0 Å². The van der Waals surface area contributed by atoms with Gasteiger partial charge in [-0.05, 0) is 37.5 Å². The number of benzene rings is 2. The van der Waals surface area contributed by atoms with E-state index < -0.39 is 0 Å². The number of aryl methyl sites for hydroxylation is 1. The van der Waals surface area contributed by atoms with Gasteiger partial charge in [0.15, 0.2) is 5.78 Å². The van der Waals surface area contributed by atoms with E-state index in [0.717, 1.165) is 34.1 Å². The SMILES string of the molecule is CCc1ccc(C(C)=O)c(Nc2cncc3ccccc23)c1C. The van der Waals surface area contributed by atoms with Crippen molar-refractivity contribution in [2.75, 3.05) is 5.32 Å². The number of fused-ring (bicyclic) bond motifs is 1. The number of carbonyl (C=O) groups excluding carboxylic acids is 1. The molecule has 0 aliphatic carbocycles. The number of pyridine rings is 1. The number of hydrogen-bond donors (Lipinski definition) is 1. The normalized spacial score (nSPS) is 10.7. The van der Waals surface area contributed by atoms with E-state index >= 15 is 0 Å². The first-order valence-corrected chi connectivity index (χ1v) is 7.85. The number of aromatic nitrogens is 1. The number of rotatable bonds is 4. The fourth-order valence-electron chi connectivity index (χ4n) is 2.94. The lowest BCUT2D eigenvalue weighted by Crippen LogP contribution is -2.05. The largest absolute Gasteiger partial charge is 0.353 e. The second kappa shape index (κ2) is 6.21. The van der Waals surface area contributed by atoms with Gasteiger partial charge in [-0.3, -0.25) is 9.78 Å². The van der Waals surface area contributed by atoms with E-state index in [1.807, 2.05) is 42.7 Å². The molecule has 0 atom stereocenters. The van der Waals surface area contributed by atoms with Gasteiger partial charge in [0.1, 0.15) is 0 Å². The number of carbonyl (C=O) groups is 1. The number of hydrogen-bond acceptors (Lipinski definition) is 3. The monoisotopic (exact) mass is 304 g/mol. The van der Waals surface area contributed by atoms with E-state index in [2.05, 4.69) is 30.2 Å². The third-order valence-electron chi connectivity index (χ3n) is 4.27. The summed E-state index contributed by atoms with van der Waals surface area (Å²) in [5.41, 5.74) is 4.88. The summed E-state index contributed by atoms with van der Waals surface area (Å²) >= 11 is 0. The summed E-state index contributed by atoms with van der Waals surface area (Å²) < 4.78 is 0. The minimum atomic E-state index is 0.0615. The molecule has 23 heavy (non-hydrogen) atoms. The molecule has 1 N–H and O–H groups in total. The maximum atomic E-state index is 12.0. The van der Waals surface area contributed by atoms with E-state index in [1.54, 1.807) is 6.92 Å². The second-order valence-corrected chi connectivity index (χ2v) is 5.72. The van der Waals surface area contributed by atoms with Crippen LogP contribution in [0.2, 0.25) is 0 Å². The zero-order chi connectivity index (χ0) is 16.4. The number of ketones is 1. The van der Waals surface area contributed by atoms with E-state index in [4.69, 9.17) is 0 Å². The fourth-order valence-corrected chi connectivity index (χ4v) is 2.94. The van der Waals surface area contributed by atoms with Gasteiger partial charge in [0.2, 0.25) is 0 Å². The van der Waals surface area contributed by atoms with Crippen molar-refractivity contribution in [2.45, 2.75) is 27.2 Å². The molecule has 2 aromatic carbocycles. The first-order valence-electron chi connectivity index (χ1n) is 7.85. The lowest BCUT2D eigenvalue weighted by molar-refractivity contribution is 0.101. The molecule has 0 aliphatic heterocycles. The average molecular weight is 304 g/mol. The highest BCUT2D eigenvalue weighted by Gasteiger charge is 2.14. The summed E-state index contributed by atoms with van der Waals surface area (Å²) in [6, 6.07) is 12.1. The molecule has 1 heterocycles. The fraction of sp³-hybridized carbons (Fsp3) is 0.200. The van der Waals surface area contributed by atoms with Gasteiger partial charge in [-0.2, -0.15) is 0 Å². The van der Waals surface area contributed by atoms with Crippen molar-refractivity contribution in [1.82, 2.24) is 4.98 Å². The summed E-state index contributed by atoms with van der Waals surface area (Å²) in [4.78, 5) is 16.3. The van der Waals surface area contributed by atoms with Crippen LogP contribution in [0.15, 0.2) is 48.8 Å². The van der Waals surface area contributed by atoms with Crippen LogP contribution < -0.4 is 5.32 Å². The van der Waals surface area contributed by atoms with Crippen LogP contribution in [0.3, 0.4) is 0 Å². The van der Waals surface area contributed by atoms with E-state index in [1.165, 1.54) is 5.56 Å². The van der Waals surface area contributed by atoms with Crippen LogP contribution >= 0.6 is 0 Å². The Morgan fingerprint density at radius 1 is 1.13 bits per heavy atom. The zero-order valence-corrected chi connectivity index (χ0v) is 13.7. The van der Waals surface area contributed by atoms with Gasteiger partial charge in [0.25, 0.3) is 0 Å². The summed E-state index contributed by atoms with van der Waals surface area (Å²) in [5, 5.41) is 5.63. The lowest BCUT2D eigenvalue weighted by Gasteiger charge is -2.17. The average Bonchev–Trinajstić information content (AvgIpc) is 2.56. The Balaban J connectivity index is 2.16. The molecule has 0 fully saturated rings. The van der Waals surface area contributed by atoms with Gasteiger partial charge in [0, 0.05) is 22.5 Å². The summed E-state index contributed by atoms with van der Waals surface area (Å²) in [6.45, 7) is 5.79. The van der Waals surface area contributed by atoms with Crippen molar-refractivity contribution in [3.8, 4) is 0 Å². The van der Waals surface area contributed by atoms with E-state index in [0.29, 0.717) is 5.56 Å². The topological polar surface area (TPSA) is 42.0 Å². The van der Waals surface area contributed by atoms with Crippen molar-refractivity contribution in [1.29, 1.82) is 0 Å². The minimum absolute atomic E-state index is 0.0615. The van der Waals surface area contributed by atoms with E-state index in [-0.39, 0.29) is 5.78 Å². The molecule has 0 saturated carbocycles. The number of anilines is 2. The summed E-state index contributed by atoms with van der Waals surface area (Å²) in [5.74, 6) is 0.0615. The Bertz CT molecular complexity index is 879. The predicted octanol–water partition coefficient (Wildman–Crippen LogP) is 5.05. The van der Waals surface area contributed by atoms with Gasteiger partial charge in [-0.1, -0.05) is 37.3 Å².